The van der Waals surface area contributed by atoms with Gasteiger partial charge in [0.05, 0.1) is 0 Å². The Morgan fingerprint density at radius 1 is 0.900 bits per heavy atom. The molecule has 0 amide bonds. The van der Waals surface area contributed by atoms with E-state index in [0.717, 1.165) is 0 Å². The van der Waals surface area contributed by atoms with Crippen LogP contribution in [0.1, 0.15) is 0 Å². The quantitative estimate of drug-likeness (QED) is 0.335. The van der Waals surface area contributed by atoms with Gasteiger partial charge in [-0.2, -0.15) is 0 Å². The Morgan fingerprint density at radius 3 is 1.10 bits per heavy atom. The summed E-state index contributed by atoms with van der Waals surface area (Å²) in [5.74, 6) is 0. The molecule has 5 radical (unpaired) electrons. The molecular weight excluding hydrogens is 401 g/mol. The first kappa shape index (κ1) is 14.2. The van der Waals surface area contributed by atoms with Crippen LogP contribution < -0.4 is 0 Å². The van der Waals surface area contributed by atoms with Gasteiger partial charge in [-0.3, -0.25) is 0 Å². The average molecular weight is 406 g/mol. The summed E-state index contributed by atoms with van der Waals surface area (Å²) in [5, 5.41) is 0. The van der Waals surface area contributed by atoms with Crippen molar-refractivity contribution in [2.45, 2.75) is 0 Å². The van der Waals surface area contributed by atoms with Gasteiger partial charge < -0.3 is 0 Å². The number of hydrogen-bond donors (Lipinski definition) is 0. The van der Waals surface area contributed by atoms with Crippen LogP contribution >= 0.6 is 40.8 Å². The zero-order chi connectivity index (χ0) is 8.24. The van der Waals surface area contributed by atoms with E-state index in [1.54, 1.807) is 0 Å². The Hall–Kier alpha value is 1.71. The van der Waals surface area contributed by atoms with Gasteiger partial charge in [0, 0.05) is 0 Å². The monoisotopic (exact) mass is 406 g/mol. The zero-order valence-electron chi connectivity index (χ0n) is 4.88. The first-order valence-electron chi connectivity index (χ1n) is 2.12. The molecule has 0 bridgehead atoms. The molecule has 0 heterocycles. The molecule has 1 fully saturated rings. The Kier molecular flexibility index (Phi) is 24.2. The van der Waals surface area contributed by atoms with E-state index in [1.165, 1.54) is 8.26 Å². The number of hydrogen-bond acceptors (Lipinski definition) is 0. The molecule has 1 aliphatic rings. The van der Waals surface area contributed by atoms with Crippen LogP contribution in [0.3, 0.4) is 0 Å². The van der Waals surface area contributed by atoms with E-state index in [0.29, 0.717) is 0 Å². The SMILES string of the molecule is [C-]#[O+].[CH]1[CH][CH][CH][CH]1.[I][Co+][I]. The van der Waals surface area contributed by atoms with Crippen LogP contribution in [0.4, 0.5) is 0 Å². The van der Waals surface area contributed by atoms with Gasteiger partial charge in [-0.15, -0.1) is 0 Å². The van der Waals surface area contributed by atoms with Crippen LogP contribution in [0.5, 0.6) is 0 Å². The van der Waals surface area contributed by atoms with Crippen LogP contribution in [-0.2, 0) is 12.9 Å². The molecule has 0 spiro atoms. The minimum atomic E-state index is 1.38. The molecule has 1 aliphatic carbocycles. The zero-order valence-corrected chi connectivity index (χ0v) is 10.2. The first-order chi connectivity index (χ1) is 4.91. The summed E-state index contributed by atoms with van der Waals surface area (Å²) in [6.07, 6.45) is 10.0. The van der Waals surface area contributed by atoms with E-state index in [1.807, 2.05) is 32.1 Å². The van der Waals surface area contributed by atoms with Crippen LogP contribution in [0, 0.1) is 38.8 Å². The fraction of sp³-hybridized carbons (Fsp3) is 0. The molecule has 0 aromatic rings. The van der Waals surface area contributed by atoms with E-state index in [2.05, 4.69) is 47.5 Å². The third-order valence-electron chi connectivity index (χ3n) is 0.556. The molecule has 10 heavy (non-hydrogen) atoms. The summed E-state index contributed by atoms with van der Waals surface area (Å²) >= 11 is 4.49. The minimum absolute atomic E-state index is 1.38. The molecule has 0 unspecified atom stereocenters. The van der Waals surface area contributed by atoms with Gasteiger partial charge in [0.1, 0.15) is 0 Å². The molecule has 0 aromatic heterocycles. The van der Waals surface area contributed by atoms with Gasteiger partial charge in [-0.25, -0.2) is 0 Å². The van der Waals surface area contributed by atoms with Gasteiger partial charge in [0.15, 0.2) is 0 Å². The van der Waals surface area contributed by atoms with Gasteiger partial charge >= 0.3 is 60.4 Å². The van der Waals surface area contributed by atoms with E-state index in [4.69, 9.17) is 4.65 Å². The molecule has 1 rings (SSSR count). The molecule has 4 heteroatoms. The average Bonchev–Trinajstić information content (AvgIpc) is 2.48. The predicted molar refractivity (Wildman–Crippen MR) is 53.5 cm³/mol. The van der Waals surface area contributed by atoms with Crippen molar-refractivity contribution in [2.75, 3.05) is 0 Å². The maximum absolute atomic E-state index is 7.50. The second-order valence-electron chi connectivity index (χ2n) is 1.01. The number of halogens is 2. The molecule has 1 saturated carbocycles. The van der Waals surface area contributed by atoms with Crippen LogP contribution in [-0.4, -0.2) is 0 Å². The summed E-state index contributed by atoms with van der Waals surface area (Å²) in [4.78, 5) is 0. The first-order valence-corrected chi connectivity index (χ1v) is 8.84. The molecule has 1 nitrogen and oxygen atoms in total. The third-order valence-corrected chi connectivity index (χ3v) is 0.556. The second-order valence-corrected chi connectivity index (χ2v) is 9.80. The fourth-order valence-electron chi connectivity index (χ4n) is 0.321. The molecule has 57 valence electrons. The van der Waals surface area contributed by atoms with Crippen molar-refractivity contribution in [3.05, 3.63) is 38.8 Å². The van der Waals surface area contributed by atoms with E-state index in [-0.39, 0.29) is 0 Å². The summed E-state index contributed by atoms with van der Waals surface area (Å²) < 4.78 is 7.50. The van der Waals surface area contributed by atoms with Crippen molar-refractivity contribution < 1.29 is 12.9 Å². The Labute approximate surface area is 91.4 Å². The Morgan fingerprint density at radius 2 is 1.00 bits per heavy atom. The Balaban J connectivity index is 0. The van der Waals surface area contributed by atoms with Gasteiger partial charge in [0.2, 0.25) is 0 Å². The standard InChI is InChI=1S/C5H5.CO.Co.2HI/c1-2-4-5-3-1;1-2;;;/h1-5H;;;2*1H/q;;+3;;/p-2. The molecule has 0 aromatic carbocycles. The third kappa shape index (κ3) is 16.4. The van der Waals surface area contributed by atoms with E-state index < -0.39 is 0 Å². The topological polar surface area (TPSA) is 19.9 Å². The summed E-state index contributed by atoms with van der Waals surface area (Å²) in [5.41, 5.74) is 0. The summed E-state index contributed by atoms with van der Waals surface area (Å²) in [6, 6.07) is 0. The van der Waals surface area contributed by atoms with Crippen molar-refractivity contribution in [1.82, 2.24) is 0 Å². The fourth-order valence-corrected chi connectivity index (χ4v) is 0.321. The van der Waals surface area contributed by atoms with Crippen LogP contribution in [0.2, 0.25) is 0 Å². The van der Waals surface area contributed by atoms with E-state index in [9.17, 15) is 0 Å². The van der Waals surface area contributed by atoms with Gasteiger partial charge in [-0.05, 0) is 32.1 Å². The van der Waals surface area contributed by atoms with Crippen LogP contribution in [0.15, 0.2) is 0 Å². The van der Waals surface area contributed by atoms with Crippen molar-refractivity contribution in [2.24, 2.45) is 0 Å². The van der Waals surface area contributed by atoms with Gasteiger partial charge in [0.25, 0.3) is 0 Å². The Bertz CT molecular complexity index is 56.4. The molecule has 0 atom stereocenters. The van der Waals surface area contributed by atoms with Crippen molar-refractivity contribution >= 4 is 40.8 Å². The summed E-state index contributed by atoms with van der Waals surface area (Å²) in [7, 11) is 1.38. The normalized spacial score (nSPS) is 14.4. The molecular formula is C6H5CoI2O+. The van der Waals surface area contributed by atoms with Crippen LogP contribution in [0.25, 0.3) is 0 Å². The number of rotatable bonds is 0. The van der Waals surface area contributed by atoms with E-state index >= 15 is 0 Å². The maximum atomic E-state index is 7.50. The summed E-state index contributed by atoms with van der Waals surface area (Å²) in [6.45, 7) is 4.50. The van der Waals surface area contributed by atoms with Gasteiger partial charge in [-0.1, -0.05) is 0 Å². The second kappa shape index (κ2) is 17.0. The molecule has 0 N–H and O–H groups in total. The molecule has 0 aliphatic heterocycles. The van der Waals surface area contributed by atoms with Crippen molar-refractivity contribution in [1.29, 1.82) is 0 Å². The molecule has 0 saturated heterocycles. The van der Waals surface area contributed by atoms with Crippen molar-refractivity contribution in [3.63, 3.8) is 0 Å². The van der Waals surface area contributed by atoms with Crippen molar-refractivity contribution in [3.8, 4) is 0 Å². The predicted octanol–water partition coefficient (Wildman–Crippen LogP) is 2.75.